The number of hydrogen-bond donors (Lipinski definition) is 1. The van der Waals surface area contributed by atoms with E-state index in [-0.39, 0.29) is 12.0 Å². The van der Waals surface area contributed by atoms with Crippen molar-refractivity contribution in [3.05, 3.63) is 41.9 Å². The van der Waals surface area contributed by atoms with Crippen LogP contribution in [0.4, 0.5) is 5.82 Å². The molecule has 0 spiro atoms. The highest BCUT2D eigenvalue weighted by Crippen LogP contribution is 2.22. The minimum atomic E-state index is -0.209. The Morgan fingerprint density at radius 1 is 1.41 bits per heavy atom. The largest absolute Gasteiger partial charge is 0.373 e. The number of pyridine rings is 1. The lowest BCUT2D eigenvalue weighted by Gasteiger charge is -2.32. The molecule has 1 saturated heterocycles. The Morgan fingerprint density at radius 3 is 3.00 bits per heavy atom. The molecule has 2 aromatic heterocycles. The van der Waals surface area contributed by atoms with Crippen molar-refractivity contribution in [1.29, 1.82) is 0 Å². The van der Waals surface area contributed by atoms with Crippen LogP contribution in [0.25, 0.3) is 0 Å². The van der Waals surface area contributed by atoms with Crippen LogP contribution < -0.4 is 5.32 Å². The van der Waals surface area contributed by atoms with Gasteiger partial charge in [0, 0.05) is 26.8 Å². The van der Waals surface area contributed by atoms with E-state index in [1.807, 2.05) is 25.2 Å². The molecule has 116 valence electrons. The molecule has 22 heavy (non-hydrogen) atoms. The van der Waals surface area contributed by atoms with Gasteiger partial charge in [-0.2, -0.15) is 5.10 Å². The molecule has 3 heterocycles. The number of amides is 1. The van der Waals surface area contributed by atoms with E-state index in [2.05, 4.69) is 15.4 Å². The van der Waals surface area contributed by atoms with Gasteiger partial charge in [-0.15, -0.1) is 0 Å². The summed E-state index contributed by atoms with van der Waals surface area (Å²) < 4.78 is 7.37. The zero-order valence-corrected chi connectivity index (χ0v) is 12.7. The third kappa shape index (κ3) is 2.80. The Kier molecular flexibility index (Phi) is 4.06. The first kappa shape index (κ1) is 14.5. The zero-order valence-electron chi connectivity index (χ0n) is 12.7. The van der Waals surface area contributed by atoms with E-state index in [9.17, 15) is 4.79 Å². The van der Waals surface area contributed by atoms with Crippen molar-refractivity contribution in [3.8, 4) is 0 Å². The number of rotatable bonds is 3. The van der Waals surface area contributed by atoms with E-state index < -0.39 is 0 Å². The number of carbonyl (C=O) groups excluding carboxylic acids is 1. The molecule has 1 atom stereocenters. The van der Waals surface area contributed by atoms with E-state index in [4.69, 9.17) is 4.74 Å². The highest BCUT2D eigenvalue weighted by Gasteiger charge is 2.28. The van der Waals surface area contributed by atoms with Gasteiger partial charge in [0.1, 0.15) is 17.6 Å². The third-order valence-corrected chi connectivity index (χ3v) is 3.75. The summed E-state index contributed by atoms with van der Waals surface area (Å²) in [5.74, 6) is 0.759. The summed E-state index contributed by atoms with van der Waals surface area (Å²) >= 11 is 0. The molecular weight excluding hydrogens is 282 g/mol. The molecule has 7 nitrogen and oxygen atoms in total. The van der Waals surface area contributed by atoms with Crippen LogP contribution >= 0.6 is 0 Å². The van der Waals surface area contributed by atoms with E-state index in [0.717, 1.165) is 11.5 Å². The molecule has 0 aromatic carbocycles. The maximum atomic E-state index is 12.6. The summed E-state index contributed by atoms with van der Waals surface area (Å²) in [5.41, 5.74) is 1.41. The molecule has 0 unspecified atom stereocenters. The van der Waals surface area contributed by atoms with Gasteiger partial charge in [-0.05, 0) is 18.2 Å². The van der Waals surface area contributed by atoms with Crippen molar-refractivity contribution < 1.29 is 9.53 Å². The molecule has 3 rings (SSSR count). The molecule has 2 aromatic rings. The molecule has 1 fully saturated rings. The van der Waals surface area contributed by atoms with E-state index in [1.165, 1.54) is 0 Å². The minimum Gasteiger partial charge on any atom is -0.373 e. The fourth-order valence-electron chi connectivity index (χ4n) is 2.53. The summed E-state index contributed by atoms with van der Waals surface area (Å²) in [6.07, 6.45) is 1.42. The van der Waals surface area contributed by atoms with Crippen LogP contribution in [0.2, 0.25) is 0 Å². The lowest BCUT2D eigenvalue weighted by molar-refractivity contribution is -0.0250. The minimum absolute atomic E-state index is 0.0296. The van der Waals surface area contributed by atoms with Gasteiger partial charge in [-0.25, -0.2) is 4.98 Å². The monoisotopic (exact) mass is 301 g/mol. The van der Waals surface area contributed by atoms with Crippen molar-refractivity contribution in [2.75, 3.05) is 32.1 Å². The second-order valence-corrected chi connectivity index (χ2v) is 5.15. The van der Waals surface area contributed by atoms with Gasteiger partial charge in [-0.3, -0.25) is 9.48 Å². The molecule has 7 heteroatoms. The number of nitrogens with zero attached hydrogens (tertiary/aromatic N) is 4. The van der Waals surface area contributed by atoms with Gasteiger partial charge >= 0.3 is 0 Å². The standard InChI is InChI=1S/C15H19N5O2/c1-16-14-5-3-4-11(18-14)13-10-20(8-9-22-13)15(21)12-6-7-17-19(12)2/h3-7,13H,8-10H2,1-2H3,(H,16,18)/t13-/m0/s1. The summed E-state index contributed by atoms with van der Waals surface area (Å²) in [6.45, 7) is 1.57. The molecule has 0 radical (unpaired) electrons. The van der Waals surface area contributed by atoms with Gasteiger partial charge < -0.3 is 15.0 Å². The Labute approximate surface area is 128 Å². The van der Waals surface area contributed by atoms with Crippen LogP contribution in [0.15, 0.2) is 30.5 Å². The quantitative estimate of drug-likeness (QED) is 0.918. The molecule has 0 aliphatic carbocycles. The van der Waals surface area contributed by atoms with Crippen LogP contribution in [-0.2, 0) is 11.8 Å². The third-order valence-electron chi connectivity index (χ3n) is 3.75. The lowest BCUT2D eigenvalue weighted by Crippen LogP contribution is -2.43. The number of anilines is 1. The SMILES string of the molecule is CNc1cccc([C@@H]2CN(C(=O)c3ccnn3C)CCO2)n1. The van der Waals surface area contributed by atoms with Crippen molar-refractivity contribution >= 4 is 11.7 Å². The summed E-state index contributed by atoms with van der Waals surface area (Å²) in [5, 5.41) is 7.06. The molecule has 1 amide bonds. The van der Waals surface area contributed by atoms with Crippen LogP contribution in [0.5, 0.6) is 0 Å². The Balaban J connectivity index is 1.76. The van der Waals surface area contributed by atoms with Crippen LogP contribution in [-0.4, -0.2) is 52.3 Å². The summed E-state index contributed by atoms with van der Waals surface area (Å²) in [7, 11) is 3.59. The topological polar surface area (TPSA) is 72.3 Å². The Morgan fingerprint density at radius 2 is 2.27 bits per heavy atom. The molecule has 0 bridgehead atoms. The van der Waals surface area contributed by atoms with Crippen LogP contribution in [0, 0.1) is 0 Å². The first-order chi connectivity index (χ1) is 10.7. The van der Waals surface area contributed by atoms with Crippen LogP contribution in [0.1, 0.15) is 22.3 Å². The highest BCUT2D eigenvalue weighted by atomic mass is 16.5. The molecule has 1 aliphatic rings. The van der Waals surface area contributed by atoms with Gasteiger partial charge in [-0.1, -0.05) is 6.07 Å². The number of carbonyl (C=O) groups is 1. The fraction of sp³-hybridized carbons (Fsp3) is 0.400. The summed E-state index contributed by atoms with van der Waals surface area (Å²) in [4.78, 5) is 18.8. The van der Waals surface area contributed by atoms with Gasteiger partial charge in [0.2, 0.25) is 0 Å². The predicted molar refractivity (Wildman–Crippen MR) is 81.6 cm³/mol. The second kappa shape index (κ2) is 6.15. The van der Waals surface area contributed by atoms with E-state index in [1.54, 1.807) is 28.9 Å². The number of aryl methyl sites for hydroxylation is 1. The maximum Gasteiger partial charge on any atom is 0.272 e. The zero-order chi connectivity index (χ0) is 15.5. The van der Waals surface area contributed by atoms with E-state index in [0.29, 0.717) is 25.4 Å². The average Bonchev–Trinajstić information content (AvgIpc) is 3.00. The lowest BCUT2D eigenvalue weighted by atomic mass is 10.1. The van der Waals surface area contributed by atoms with Crippen molar-refractivity contribution in [1.82, 2.24) is 19.7 Å². The smallest absolute Gasteiger partial charge is 0.272 e. The summed E-state index contributed by atoms with van der Waals surface area (Å²) in [6, 6.07) is 7.47. The second-order valence-electron chi connectivity index (χ2n) is 5.15. The number of hydrogen-bond acceptors (Lipinski definition) is 5. The molecule has 1 N–H and O–H groups in total. The molecule has 0 saturated carbocycles. The van der Waals surface area contributed by atoms with Crippen LogP contribution in [0.3, 0.4) is 0 Å². The van der Waals surface area contributed by atoms with Gasteiger partial charge in [0.15, 0.2) is 0 Å². The van der Waals surface area contributed by atoms with Crippen molar-refractivity contribution in [2.24, 2.45) is 7.05 Å². The fourth-order valence-corrected chi connectivity index (χ4v) is 2.53. The average molecular weight is 301 g/mol. The molecule has 1 aliphatic heterocycles. The number of morpholine rings is 1. The number of aromatic nitrogens is 3. The van der Waals surface area contributed by atoms with Crippen molar-refractivity contribution in [2.45, 2.75) is 6.10 Å². The van der Waals surface area contributed by atoms with E-state index >= 15 is 0 Å². The van der Waals surface area contributed by atoms with Gasteiger partial charge in [0.05, 0.1) is 18.8 Å². The van der Waals surface area contributed by atoms with Crippen molar-refractivity contribution in [3.63, 3.8) is 0 Å². The number of ether oxygens (including phenoxy) is 1. The Bertz CT molecular complexity index is 669. The maximum absolute atomic E-state index is 12.6. The Hall–Kier alpha value is -2.41. The highest BCUT2D eigenvalue weighted by molar-refractivity contribution is 5.92. The molecular formula is C15H19N5O2. The predicted octanol–water partition coefficient (Wildman–Crippen LogP) is 1.07. The first-order valence-corrected chi connectivity index (χ1v) is 7.22. The normalized spacial score (nSPS) is 18.3. The first-order valence-electron chi connectivity index (χ1n) is 7.22. The van der Waals surface area contributed by atoms with Gasteiger partial charge in [0.25, 0.3) is 5.91 Å². The number of nitrogens with one attached hydrogen (secondary N) is 1.